The third-order valence-electron chi connectivity index (χ3n) is 5.78. The van der Waals surface area contributed by atoms with E-state index < -0.39 is 0 Å². The van der Waals surface area contributed by atoms with E-state index in [0.717, 1.165) is 0 Å². The third-order valence-corrected chi connectivity index (χ3v) is 5.78. The quantitative estimate of drug-likeness (QED) is 0.485. The summed E-state index contributed by atoms with van der Waals surface area (Å²) in [5, 5.41) is 0. The number of nitrogens with zero attached hydrogens (tertiary/aromatic N) is 1. The molecule has 1 aromatic heterocycles. The van der Waals surface area contributed by atoms with Gasteiger partial charge in [-0.05, 0) is 18.8 Å². The molecule has 0 amide bonds. The lowest BCUT2D eigenvalue weighted by atomic mass is 9.75. The van der Waals surface area contributed by atoms with Crippen molar-refractivity contribution in [2.75, 3.05) is 0 Å². The van der Waals surface area contributed by atoms with Gasteiger partial charge in [0.25, 0.3) is 0 Å². The van der Waals surface area contributed by atoms with Crippen LogP contribution >= 0.6 is 0 Å². The van der Waals surface area contributed by atoms with Crippen LogP contribution in [-0.2, 0) is 10.8 Å². The molecule has 1 aromatic rings. The first kappa shape index (κ1) is 21.3. The summed E-state index contributed by atoms with van der Waals surface area (Å²) in [6.45, 7) is 21.0. The molecule has 24 heavy (non-hydrogen) atoms. The molecule has 0 saturated carbocycles. The number of imidazole rings is 1. The van der Waals surface area contributed by atoms with Crippen LogP contribution in [0.4, 0.5) is 0 Å². The Morgan fingerprint density at radius 1 is 0.875 bits per heavy atom. The van der Waals surface area contributed by atoms with E-state index in [4.69, 9.17) is 4.98 Å². The zero-order valence-electron chi connectivity index (χ0n) is 17.8. The number of hydrogen-bond acceptors (Lipinski definition) is 1. The number of nitrogens with one attached hydrogen (secondary N) is 1. The maximum atomic E-state index is 5.17. The lowest BCUT2D eigenvalue weighted by molar-refractivity contribution is 0.404. The number of rotatable bonds is 10. The maximum absolute atomic E-state index is 5.17. The molecule has 0 aromatic carbocycles. The second-order valence-corrected chi connectivity index (χ2v) is 9.35. The fraction of sp³-hybridized carbons (Fsp3) is 0.864. The first-order chi connectivity index (χ1) is 11.1. The zero-order valence-corrected chi connectivity index (χ0v) is 17.8. The van der Waals surface area contributed by atoms with Gasteiger partial charge in [0.1, 0.15) is 5.82 Å². The van der Waals surface area contributed by atoms with Crippen LogP contribution in [0.25, 0.3) is 0 Å². The Morgan fingerprint density at radius 2 is 1.38 bits per heavy atom. The lowest BCUT2D eigenvalue weighted by Crippen LogP contribution is -2.26. The van der Waals surface area contributed by atoms with Crippen molar-refractivity contribution >= 4 is 0 Å². The summed E-state index contributed by atoms with van der Waals surface area (Å²) in [5.41, 5.74) is 3.01. The molecule has 1 heterocycles. The molecular formula is C22H42N2. The summed E-state index contributed by atoms with van der Waals surface area (Å²) in [4.78, 5) is 8.96. The van der Waals surface area contributed by atoms with Crippen molar-refractivity contribution in [3.63, 3.8) is 0 Å². The molecule has 0 saturated heterocycles. The van der Waals surface area contributed by atoms with Gasteiger partial charge in [0, 0.05) is 22.4 Å². The molecule has 0 aliphatic rings. The Hall–Kier alpha value is -0.790. The van der Waals surface area contributed by atoms with E-state index in [0.29, 0.717) is 11.8 Å². The van der Waals surface area contributed by atoms with E-state index in [1.165, 1.54) is 55.7 Å². The van der Waals surface area contributed by atoms with Crippen molar-refractivity contribution in [1.29, 1.82) is 0 Å². The van der Waals surface area contributed by atoms with Gasteiger partial charge >= 0.3 is 0 Å². The Morgan fingerprint density at radius 3 is 1.83 bits per heavy atom. The van der Waals surface area contributed by atoms with Gasteiger partial charge in [-0.25, -0.2) is 4.98 Å². The number of aromatic nitrogens is 2. The Labute approximate surface area is 151 Å². The molecule has 0 aliphatic heterocycles. The number of hydrogen-bond donors (Lipinski definition) is 1. The SMILES string of the molecule is CCCCC(C)(C)c1nc(C(C)C(C)C)[nH]c1C(C)(C)CCCC. The predicted octanol–water partition coefficient (Wildman–Crippen LogP) is 7.10. The van der Waals surface area contributed by atoms with Gasteiger partial charge in [-0.3, -0.25) is 0 Å². The molecular weight excluding hydrogens is 292 g/mol. The lowest BCUT2D eigenvalue weighted by Gasteiger charge is -2.30. The van der Waals surface area contributed by atoms with Crippen molar-refractivity contribution in [1.82, 2.24) is 9.97 Å². The zero-order chi connectivity index (χ0) is 18.5. The Kier molecular flexibility index (Phi) is 7.56. The van der Waals surface area contributed by atoms with Crippen LogP contribution in [0.2, 0.25) is 0 Å². The van der Waals surface area contributed by atoms with Gasteiger partial charge in [-0.1, -0.05) is 88.0 Å². The molecule has 2 heteroatoms. The predicted molar refractivity (Wildman–Crippen MR) is 107 cm³/mol. The van der Waals surface area contributed by atoms with Gasteiger partial charge in [0.05, 0.1) is 5.69 Å². The number of unbranched alkanes of at least 4 members (excludes halogenated alkanes) is 2. The van der Waals surface area contributed by atoms with Crippen molar-refractivity contribution in [3.05, 3.63) is 17.2 Å². The average Bonchev–Trinajstić information content (AvgIpc) is 2.97. The first-order valence-corrected chi connectivity index (χ1v) is 10.2. The van der Waals surface area contributed by atoms with E-state index in [9.17, 15) is 0 Å². The highest BCUT2D eigenvalue weighted by Gasteiger charge is 2.34. The third kappa shape index (κ3) is 5.10. The van der Waals surface area contributed by atoms with Crippen LogP contribution in [0.3, 0.4) is 0 Å². The summed E-state index contributed by atoms with van der Waals surface area (Å²) in [5.74, 6) is 2.26. The largest absolute Gasteiger partial charge is 0.345 e. The van der Waals surface area contributed by atoms with E-state index in [2.05, 4.69) is 67.3 Å². The molecule has 0 spiro atoms. The van der Waals surface area contributed by atoms with Crippen molar-refractivity contribution < 1.29 is 0 Å². The number of aromatic amines is 1. The van der Waals surface area contributed by atoms with Crippen molar-refractivity contribution in [2.45, 2.75) is 118 Å². The van der Waals surface area contributed by atoms with Crippen LogP contribution < -0.4 is 0 Å². The molecule has 2 nitrogen and oxygen atoms in total. The molecule has 1 unspecified atom stereocenters. The van der Waals surface area contributed by atoms with Crippen LogP contribution in [0, 0.1) is 5.92 Å². The fourth-order valence-corrected chi connectivity index (χ4v) is 3.38. The van der Waals surface area contributed by atoms with Gasteiger partial charge in [0.15, 0.2) is 0 Å². The molecule has 140 valence electrons. The van der Waals surface area contributed by atoms with Crippen molar-refractivity contribution in [3.8, 4) is 0 Å². The van der Waals surface area contributed by atoms with Crippen molar-refractivity contribution in [2.24, 2.45) is 5.92 Å². The van der Waals surface area contributed by atoms with Gasteiger partial charge in [0.2, 0.25) is 0 Å². The summed E-state index contributed by atoms with van der Waals surface area (Å²) >= 11 is 0. The average molecular weight is 335 g/mol. The molecule has 0 radical (unpaired) electrons. The second-order valence-electron chi connectivity index (χ2n) is 9.35. The van der Waals surface area contributed by atoms with E-state index >= 15 is 0 Å². The summed E-state index contributed by atoms with van der Waals surface area (Å²) in [6, 6.07) is 0. The van der Waals surface area contributed by atoms with Crippen LogP contribution in [0.1, 0.15) is 124 Å². The molecule has 1 rings (SSSR count). The highest BCUT2D eigenvalue weighted by molar-refractivity contribution is 5.30. The minimum absolute atomic E-state index is 0.139. The van der Waals surface area contributed by atoms with Gasteiger partial charge in [-0.15, -0.1) is 0 Å². The van der Waals surface area contributed by atoms with Crippen LogP contribution in [-0.4, -0.2) is 9.97 Å². The smallest absolute Gasteiger partial charge is 0.109 e. The maximum Gasteiger partial charge on any atom is 0.109 e. The van der Waals surface area contributed by atoms with E-state index in [1.807, 2.05) is 0 Å². The summed E-state index contributed by atoms with van der Waals surface area (Å²) in [7, 11) is 0. The van der Waals surface area contributed by atoms with Crippen LogP contribution in [0.15, 0.2) is 0 Å². The second kappa shape index (κ2) is 8.54. The fourth-order valence-electron chi connectivity index (χ4n) is 3.38. The summed E-state index contributed by atoms with van der Waals surface area (Å²) in [6.07, 6.45) is 7.47. The monoisotopic (exact) mass is 334 g/mol. The Balaban J connectivity index is 3.32. The molecule has 1 N–H and O–H groups in total. The molecule has 0 aliphatic carbocycles. The van der Waals surface area contributed by atoms with Gasteiger partial charge in [-0.2, -0.15) is 0 Å². The normalized spacial score (nSPS) is 14.4. The summed E-state index contributed by atoms with van der Waals surface area (Å²) < 4.78 is 0. The standard InChI is InChI=1S/C22H42N2/c1-10-12-14-21(6,7)18-19(22(8,9)15-13-11-2)24-20(23-18)17(5)16(3)4/h16-17H,10-15H2,1-9H3,(H,23,24). The molecule has 0 fully saturated rings. The molecule has 0 bridgehead atoms. The highest BCUT2D eigenvalue weighted by atomic mass is 15.0. The highest BCUT2D eigenvalue weighted by Crippen LogP contribution is 2.39. The van der Waals surface area contributed by atoms with E-state index in [1.54, 1.807) is 0 Å². The minimum Gasteiger partial charge on any atom is -0.345 e. The van der Waals surface area contributed by atoms with E-state index in [-0.39, 0.29) is 10.8 Å². The molecule has 1 atom stereocenters. The number of H-pyrrole nitrogens is 1. The van der Waals surface area contributed by atoms with Gasteiger partial charge < -0.3 is 4.98 Å². The topological polar surface area (TPSA) is 28.7 Å². The minimum atomic E-state index is 0.139. The first-order valence-electron chi connectivity index (χ1n) is 10.2. The van der Waals surface area contributed by atoms with Crippen LogP contribution in [0.5, 0.6) is 0 Å². The Bertz CT molecular complexity index is 457.